The van der Waals surface area contributed by atoms with Crippen LogP contribution in [0.1, 0.15) is 34.7 Å². The molecule has 164 valence electrons. The van der Waals surface area contributed by atoms with E-state index >= 15 is 0 Å². The highest BCUT2D eigenvalue weighted by atomic mass is 35.5. The van der Waals surface area contributed by atoms with E-state index in [0.717, 1.165) is 16.7 Å². The van der Waals surface area contributed by atoms with Crippen molar-refractivity contribution in [1.82, 2.24) is 14.5 Å². The van der Waals surface area contributed by atoms with Crippen LogP contribution in [0.2, 0.25) is 5.02 Å². The van der Waals surface area contributed by atoms with Crippen molar-refractivity contribution in [2.24, 2.45) is 0 Å². The minimum atomic E-state index is -0.685. The number of rotatable bonds is 6. The van der Waals surface area contributed by atoms with E-state index in [1.54, 1.807) is 41.7 Å². The second-order valence-corrected chi connectivity index (χ2v) is 8.45. The lowest BCUT2D eigenvalue weighted by Crippen LogP contribution is -2.31. The lowest BCUT2D eigenvalue weighted by atomic mass is 9.93. The summed E-state index contributed by atoms with van der Waals surface area (Å²) in [6, 6.07) is 12.0. The Morgan fingerprint density at radius 1 is 1.09 bits per heavy atom. The molecule has 0 saturated carbocycles. The molecule has 3 aromatic rings. The average Bonchev–Trinajstić information content (AvgIpc) is 3.38. The van der Waals surface area contributed by atoms with Gasteiger partial charge in [-0.1, -0.05) is 41.4 Å². The Morgan fingerprint density at radius 2 is 1.84 bits per heavy atom. The van der Waals surface area contributed by atoms with Gasteiger partial charge in [0.2, 0.25) is 0 Å². The molecule has 7 heteroatoms. The topological polar surface area (TPSA) is 75.4 Å². The zero-order valence-electron chi connectivity index (χ0n) is 18.0. The van der Waals surface area contributed by atoms with Crippen LogP contribution in [0.5, 0.6) is 0 Å². The summed E-state index contributed by atoms with van der Waals surface area (Å²) in [4.78, 5) is 31.7. The Bertz CT molecular complexity index is 1180. The largest absolute Gasteiger partial charge is 0.507 e. The maximum absolute atomic E-state index is 13.1. The van der Waals surface area contributed by atoms with Crippen molar-refractivity contribution in [1.29, 1.82) is 0 Å². The van der Waals surface area contributed by atoms with Crippen molar-refractivity contribution < 1.29 is 14.7 Å². The standard InChI is InChI=1S/C25H24ClN3O3/c1-16-4-5-17(2)20(14-16)23(30)21-22(18-6-8-19(26)9-7-18)29(25(32)24(21)31)12-3-11-28-13-10-27-15-28/h4-10,13-15,22,30H,3,11-12H2,1-2H3/b23-21+. The number of carbonyl (C=O) groups is 2. The summed E-state index contributed by atoms with van der Waals surface area (Å²) < 4.78 is 1.92. The minimum absolute atomic E-state index is 0.105. The summed E-state index contributed by atoms with van der Waals surface area (Å²) in [5.74, 6) is -1.44. The second kappa shape index (κ2) is 9.01. The van der Waals surface area contributed by atoms with Crippen molar-refractivity contribution in [3.05, 3.63) is 94.0 Å². The Labute approximate surface area is 191 Å². The van der Waals surface area contributed by atoms with E-state index in [-0.39, 0.29) is 11.3 Å². The lowest BCUT2D eigenvalue weighted by molar-refractivity contribution is -0.139. The number of imidazole rings is 1. The van der Waals surface area contributed by atoms with E-state index in [9.17, 15) is 14.7 Å². The van der Waals surface area contributed by atoms with Crippen LogP contribution in [-0.2, 0) is 16.1 Å². The minimum Gasteiger partial charge on any atom is -0.507 e. The molecule has 1 atom stereocenters. The van der Waals surface area contributed by atoms with Crippen LogP contribution in [0.15, 0.2) is 66.8 Å². The summed E-state index contributed by atoms with van der Waals surface area (Å²) in [5.41, 5.74) is 3.17. The number of aryl methyl sites for hydroxylation is 3. The van der Waals surface area contributed by atoms with Crippen molar-refractivity contribution in [2.45, 2.75) is 32.9 Å². The number of aliphatic hydroxyl groups excluding tert-OH is 1. The lowest BCUT2D eigenvalue weighted by Gasteiger charge is -2.25. The van der Waals surface area contributed by atoms with E-state index in [1.807, 2.05) is 42.8 Å². The summed E-state index contributed by atoms with van der Waals surface area (Å²) in [6.07, 6.45) is 5.90. The van der Waals surface area contributed by atoms with Gasteiger partial charge < -0.3 is 14.6 Å². The number of aromatic nitrogens is 2. The molecule has 2 aromatic carbocycles. The fraction of sp³-hybridized carbons (Fsp3) is 0.240. The molecule has 0 aliphatic carbocycles. The molecule has 1 fully saturated rings. The van der Waals surface area contributed by atoms with Crippen LogP contribution < -0.4 is 0 Å². The normalized spacial score (nSPS) is 17.8. The number of amides is 1. The van der Waals surface area contributed by atoms with Crippen molar-refractivity contribution in [2.75, 3.05) is 6.54 Å². The van der Waals surface area contributed by atoms with Crippen molar-refractivity contribution >= 4 is 29.1 Å². The van der Waals surface area contributed by atoms with Gasteiger partial charge in [0.25, 0.3) is 11.7 Å². The van der Waals surface area contributed by atoms with Gasteiger partial charge in [0, 0.05) is 36.1 Å². The first-order valence-corrected chi connectivity index (χ1v) is 10.8. The molecular weight excluding hydrogens is 426 g/mol. The van der Waals surface area contributed by atoms with E-state index in [2.05, 4.69) is 4.98 Å². The Kier molecular flexibility index (Phi) is 6.15. The van der Waals surface area contributed by atoms with Gasteiger partial charge in [-0.3, -0.25) is 9.59 Å². The predicted molar refractivity (Wildman–Crippen MR) is 123 cm³/mol. The van der Waals surface area contributed by atoms with Gasteiger partial charge in [-0.25, -0.2) is 4.98 Å². The zero-order chi connectivity index (χ0) is 22.8. The molecule has 0 spiro atoms. The number of halogens is 1. The van der Waals surface area contributed by atoms with Gasteiger partial charge in [-0.05, 0) is 49.6 Å². The number of hydrogen-bond acceptors (Lipinski definition) is 4. The van der Waals surface area contributed by atoms with E-state index in [0.29, 0.717) is 30.1 Å². The molecule has 1 aromatic heterocycles. The first-order valence-electron chi connectivity index (χ1n) is 10.4. The van der Waals surface area contributed by atoms with Crippen LogP contribution in [0.4, 0.5) is 0 Å². The Morgan fingerprint density at radius 3 is 2.53 bits per heavy atom. The monoisotopic (exact) mass is 449 g/mol. The summed E-state index contributed by atoms with van der Waals surface area (Å²) >= 11 is 6.07. The number of hydrogen-bond donors (Lipinski definition) is 1. The SMILES string of the molecule is Cc1ccc(C)c(/C(O)=C2\C(=O)C(=O)N(CCCn3ccnc3)C2c2ccc(Cl)cc2)c1. The summed E-state index contributed by atoms with van der Waals surface area (Å²) in [7, 11) is 0. The smallest absolute Gasteiger partial charge is 0.295 e. The Balaban J connectivity index is 1.76. The molecule has 1 N–H and O–H groups in total. The fourth-order valence-electron chi connectivity index (χ4n) is 4.08. The molecule has 6 nitrogen and oxygen atoms in total. The highest BCUT2D eigenvalue weighted by Gasteiger charge is 2.45. The van der Waals surface area contributed by atoms with Crippen molar-refractivity contribution in [3.8, 4) is 0 Å². The third-order valence-corrected chi connectivity index (χ3v) is 6.00. The number of likely N-dealkylation sites (tertiary alicyclic amines) is 1. The number of Topliss-reactive ketones (excluding diaryl/α,β-unsaturated/α-hetero) is 1. The second-order valence-electron chi connectivity index (χ2n) is 8.02. The van der Waals surface area contributed by atoms with Crippen LogP contribution in [0.3, 0.4) is 0 Å². The average molecular weight is 450 g/mol. The van der Waals surface area contributed by atoms with Gasteiger partial charge in [0.1, 0.15) is 5.76 Å². The number of carbonyl (C=O) groups excluding carboxylic acids is 2. The first-order chi connectivity index (χ1) is 15.4. The molecule has 1 aliphatic heterocycles. The molecule has 1 unspecified atom stereocenters. The molecule has 1 aliphatic rings. The third-order valence-electron chi connectivity index (χ3n) is 5.75. The number of aliphatic hydroxyl groups is 1. The van der Waals surface area contributed by atoms with Gasteiger partial charge in [0.05, 0.1) is 17.9 Å². The number of nitrogens with zero attached hydrogens (tertiary/aromatic N) is 3. The van der Waals surface area contributed by atoms with Gasteiger partial charge in [-0.2, -0.15) is 0 Å². The highest BCUT2D eigenvalue weighted by molar-refractivity contribution is 6.46. The molecule has 4 rings (SSSR count). The highest BCUT2D eigenvalue weighted by Crippen LogP contribution is 2.40. The summed E-state index contributed by atoms with van der Waals surface area (Å²) in [6.45, 7) is 4.81. The maximum atomic E-state index is 13.1. The van der Waals surface area contributed by atoms with Crippen LogP contribution in [0.25, 0.3) is 5.76 Å². The fourth-order valence-corrected chi connectivity index (χ4v) is 4.21. The van der Waals surface area contributed by atoms with Crippen LogP contribution in [-0.4, -0.2) is 37.8 Å². The van der Waals surface area contributed by atoms with Gasteiger partial charge in [-0.15, -0.1) is 0 Å². The Hall–Kier alpha value is -3.38. The molecule has 32 heavy (non-hydrogen) atoms. The molecule has 1 saturated heterocycles. The quantitative estimate of drug-likeness (QED) is 0.337. The van der Waals surface area contributed by atoms with Crippen LogP contribution in [0, 0.1) is 13.8 Å². The molecular formula is C25H24ClN3O3. The third kappa shape index (κ3) is 4.18. The van der Waals surface area contributed by atoms with E-state index < -0.39 is 17.7 Å². The predicted octanol–water partition coefficient (Wildman–Crippen LogP) is 4.67. The van der Waals surface area contributed by atoms with E-state index in [1.165, 1.54) is 0 Å². The first kappa shape index (κ1) is 21.8. The van der Waals surface area contributed by atoms with E-state index in [4.69, 9.17) is 11.6 Å². The van der Waals surface area contributed by atoms with Crippen molar-refractivity contribution in [3.63, 3.8) is 0 Å². The molecule has 0 bridgehead atoms. The van der Waals surface area contributed by atoms with Gasteiger partial charge in [0.15, 0.2) is 0 Å². The summed E-state index contributed by atoms with van der Waals surface area (Å²) in [5, 5.41) is 11.8. The molecule has 2 heterocycles. The number of benzene rings is 2. The molecule has 0 radical (unpaired) electrons. The zero-order valence-corrected chi connectivity index (χ0v) is 18.7. The van der Waals surface area contributed by atoms with Gasteiger partial charge >= 0.3 is 0 Å². The van der Waals surface area contributed by atoms with Crippen LogP contribution >= 0.6 is 11.6 Å². The molecule has 1 amide bonds. The number of ketones is 1. The maximum Gasteiger partial charge on any atom is 0.295 e.